The molecule has 4 heteroatoms. The van der Waals surface area contributed by atoms with Crippen LogP contribution in [0.2, 0.25) is 0 Å². The molecule has 0 bridgehead atoms. The number of hydrogen-bond donors (Lipinski definition) is 1. The maximum atomic E-state index is 11.0. The molecule has 0 fully saturated rings. The predicted molar refractivity (Wildman–Crippen MR) is 59.9 cm³/mol. The average Bonchev–Trinajstić information content (AvgIpc) is 2.17. The molecule has 0 aliphatic rings. The van der Waals surface area contributed by atoms with E-state index < -0.39 is 6.09 Å². The van der Waals surface area contributed by atoms with Crippen LogP contribution in [0, 0.1) is 13.8 Å². The van der Waals surface area contributed by atoms with E-state index >= 15 is 0 Å². The van der Waals surface area contributed by atoms with E-state index in [9.17, 15) is 4.79 Å². The SMILES string of the molecule is COC(=O)NN(C)c1c(C)cccc1C. The third kappa shape index (κ3) is 2.62. The molecule has 0 aliphatic carbocycles. The van der Waals surface area contributed by atoms with Crippen LogP contribution in [0.1, 0.15) is 11.1 Å². The number of carbonyl (C=O) groups excluding carboxylic acids is 1. The van der Waals surface area contributed by atoms with Crippen molar-refractivity contribution in [3.8, 4) is 0 Å². The number of hydrogen-bond acceptors (Lipinski definition) is 3. The Hall–Kier alpha value is -1.71. The van der Waals surface area contributed by atoms with Crippen molar-refractivity contribution >= 4 is 11.8 Å². The van der Waals surface area contributed by atoms with Crippen molar-refractivity contribution in [1.82, 2.24) is 5.43 Å². The molecule has 0 unspecified atom stereocenters. The minimum atomic E-state index is -0.472. The standard InChI is InChI=1S/C11H16N2O2/c1-8-6-5-7-9(2)10(8)13(3)12-11(14)15-4/h5-7H,1-4H3,(H,12,14). The van der Waals surface area contributed by atoms with Crippen molar-refractivity contribution in [2.24, 2.45) is 0 Å². The highest BCUT2D eigenvalue weighted by molar-refractivity contribution is 5.71. The normalized spacial score (nSPS) is 9.60. The van der Waals surface area contributed by atoms with Gasteiger partial charge < -0.3 is 4.74 Å². The Labute approximate surface area is 89.8 Å². The Morgan fingerprint density at radius 1 is 1.33 bits per heavy atom. The van der Waals surface area contributed by atoms with Gasteiger partial charge >= 0.3 is 6.09 Å². The summed E-state index contributed by atoms with van der Waals surface area (Å²) >= 11 is 0. The van der Waals surface area contributed by atoms with E-state index in [0.717, 1.165) is 16.8 Å². The van der Waals surface area contributed by atoms with Crippen molar-refractivity contribution in [3.05, 3.63) is 29.3 Å². The number of rotatable bonds is 2. The zero-order valence-electron chi connectivity index (χ0n) is 9.50. The largest absolute Gasteiger partial charge is 0.452 e. The summed E-state index contributed by atoms with van der Waals surface area (Å²) in [6.45, 7) is 4.00. The molecule has 1 aromatic rings. The fourth-order valence-corrected chi connectivity index (χ4v) is 1.57. The Balaban J connectivity index is 2.90. The first kappa shape index (κ1) is 11.4. The van der Waals surface area contributed by atoms with Gasteiger partial charge in [-0.2, -0.15) is 0 Å². The monoisotopic (exact) mass is 208 g/mol. The first-order valence-corrected chi connectivity index (χ1v) is 4.70. The van der Waals surface area contributed by atoms with E-state index in [1.807, 2.05) is 32.0 Å². The van der Waals surface area contributed by atoms with Gasteiger partial charge in [-0.3, -0.25) is 5.01 Å². The van der Waals surface area contributed by atoms with Crippen LogP contribution in [-0.4, -0.2) is 20.3 Å². The van der Waals surface area contributed by atoms with Crippen LogP contribution in [0.25, 0.3) is 0 Å². The van der Waals surface area contributed by atoms with Gasteiger partial charge in [-0.05, 0) is 25.0 Å². The van der Waals surface area contributed by atoms with Gasteiger partial charge in [0.05, 0.1) is 12.8 Å². The molecule has 0 saturated heterocycles. The third-order valence-electron chi connectivity index (χ3n) is 2.22. The van der Waals surface area contributed by atoms with E-state index in [2.05, 4.69) is 10.2 Å². The van der Waals surface area contributed by atoms with Gasteiger partial charge in [0.1, 0.15) is 0 Å². The Morgan fingerprint density at radius 2 is 1.87 bits per heavy atom. The van der Waals surface area contributed by atoms with Crippen molar-refractivity contribution in [2.45, 2.75) is 13.8 Å². The van der Waals surface area contributed by atoms with Crippen molar-refractivity contribution in [3.63, 3.8) is 0 Å². The molecule has 0 atom stereocenters. The number of methoxy groups -OCH3 is 1. The lowest BCUT2D eigenvalue weighted by Gasteiger charge is -2.23. The molecule has 0 aromatic heterocycles. The van der Waals surface area contributed by atoms with Crippen LogP contribution < -0.4 is 10.4 Å². The molecule has 15 heavy (non-hydrogen) atoms. The number of anilines is 1. The second kappa shape index (κ2) is 4.68. The molecular weight excluding hydrogens is 192 g/mol. The van der Waals surface area contributed by atoms with Gasteiger partial charge in [-0.25, -0.2) is 10.2 Å². The smallest absolute Gasteiger partial charge is 0.425 e. The van der Waals surface area contributed by atoms with Crippen LogP contribution in [-0.2, 0) is 4.74 Å². The molecule has 1 aromatic carbocycles. The predicted octanol–water partition coefficient (Wildman–Crippen LogP) is 2.01. The second-order valence-electron chi connectivity index (χ2n) is 3.40. The van der Waals surface area contributed by atoms with Crippen molar-refractivity contribution < 1.29 is 9.53 Å². The molecule has 0 radical (unpaired) electrons. The lowest BCUT2D eigenvalue weighted by molar-refractivity contribution is 0.170. The van der Waals surface area contributed by atoms with Gasteiger partial charge in [-0.15, -0.1) is 0 Å². The van der Waals surface area contributed by atoms with Gasteiger partial charge in [0, 0.05) is 7.05 Å². The average molecular weight is 208 g/mol. The first-order chi connectivity index (χ1) is 7.06. The van der Waals surface area contributed by atoms with Gasteiger partial charge in [-0.1, -0.05) is 18.2 Å². The number of benzene rings is 1. The molecule has 1 N–H and O–H groups in total. The molecule has 4 nitrogen and oxygen atoms in total. The summed E-state index contributed by atoms with van der Waals surface area (Å²) < 4.78 is 4.53. The first-order valence-electron chi connectivity index (χ1n) is 4.70. The second-order valence-corrected chi connectivity index (χ2v) is 3.40. The van der Waals surface area contributed by atoms with E-state index in [0.29, 0.717) is 0 Å². The lowest BCUT2D eigenvalue weighted by atomic mass is 10.1. The summed E-state index contributed by atoms with van der Waals surface area (Å²) in [5.74, 6) is 0. The topological polar surface area (TPSA) is 41.6 Å². The molecule has 1 rings (SSSR count). The maximum absolute atomic E-state index is 11.0. The number of hydrazine groups is 1. The van der Waals surface area contributed by atoms with Gasteiger partial charge in [0.2, 0.25) is 0 Å². The van der Waals surface area contributed by atoms with Crippen LogP contribution in [0.15, 0.2) is 18.2 Å². The van der Waals surface area contributed by atoms with Crippen molar-refractivity contribution in [1.29, 1.82) is 0 Å². The molecule has 0 saturated carbocycles. The molecular formula is C11H16N2O2. The Morgan fingerprint density at radius 3 is 2.33 bits per heavy atom. The van der Waals surface area contributed by atoms with E-state index in [1.54, 1.807) is 12.1 Å². The lowest BCUT2D eigenvalue weighted by Crippen LogP contribution is -2.40. The summed E-state index contributed by atoms with van der Waals surface area (Å²) in [4.78, 5) is 11.0. The summed E-state index contributed by atoms with van der Waals surface area (Å²) in [6, 6.07) is 5.98. The van der Waals surface area contributed by atoms with Crippen molar-refractivity contribution in [2.75, 3.05) is 19.2 Å². The van der Waals surface area contributed by atoms with Crippen LogP contribution >= 0.6 is 0 Å². The Kier molecular flexibility index (Phi) is 3.55. The molecule has 0 spiro atoms. The number of nitrogens with one attached hydrogen (secondary N) is 1. The van der Waals surface area contributed by atoms with E-state index in [4.69, 9.17) is 0 Å². The summed E-state index contributed by atoms with van der Waals surface area (Å²) in [6.07, 6.45) is -0.472. The third-order valence-corrected chi connectivity index (χ3v) is 2.22. The van der Waals surface area contributed by atoms with Crippen LogP contribution in [0.5, 0.6) is 0 Å². The van der Waals surface area contributed by atoms with Gasteiger partial charge in [0.15, 0.2) is 0 Å². The number of aryl methyl sites for hydroxylation is 2. The maximum Gasteiger partial charge on any atom is 0.425 e. The number of ether oxygens (including phenoxy) is 1. The van der Waals surface area contributed by atoms with Crippen LogP contribution in [0.3, 0.4) is 0 Å². The summed E-state index contributed by atoms with van der Waals surface area (Å²) in [5.41, 5.74) is 5.80. The highest BCUT2D eigenvalue weighted by atomic mass is 16.5. The Bertz CT molecular complexity index is 343. The molecule has 82 valence electrons. The highest BCUT2D eigenvalue weighted by Crippen LogP contribution is 2.21. The van der Waals surface area contributed by atoms with E-state index in [-0.39, 0.29) is 0 Å². The number of amides is 1. The van der Waals surface area contributed by atoms with Gasteiger partial charge in [0.25, 0.3) is 0 Å². The minimum absolute atomic E-state index is 0.472. The number of carbonyl (C=O) groups is 1. The summed E-state index contributed by atoms with van der Waals surface area (Å²) in [7, 11) is 3.13. The molecule has 1 amide bonds. The highest BCUT2D eigenvalue weighted by Gasteiger charge is 2.09. The number of para-hydroxylation sites is 1. The minimum Gasteiger partial charge on any atom is -0.452 e. The zero-order valence-corrected chi connectivity index (χ0v) is 9.50. The number of nitrogens with zero attached hydrogens (tertiary/aromatic N) is 1. The molecule has 0 heterocycles. The van der Waals surface area contributed by atoms with Crippen LogP contribution in [0.4, 0.5) is 10.5 Å². The quantitative estimate of drug-likeness (QED) is 0.756. The summed E-state index contributed by atoms with van der Waals surface area (Å²) in [5, 5.41) is 1.66. The fourth-order valence-electron chi connectivity index (χ4n) is 1.57. The zero-order chi connectivity index (χ0) is 11.4. The van der Waals surface area contributed by atoms with E-state index in [1.165, 1.54) is 7.11 Å². The molecule has 0 aliphatic heterocycles. The fraction of sp³-hybridized carbons (Fsp3) is 0.364.